The number of nitrogens with zero attached hydrogens (tertiary/aromatic N) is 3. The van der Waals surface area contributed by atoms with Gasteiger partial charge in [-0.3, -0.25) is 4.98 Å². The molecule has 3 heteroatoms. The fourth-order valence-corrected chi connectivity index (χ4v) is 5.16. The molecule has 0 amide bonds. The van der Waals surface area contributed by atoms with Crippen molar-refractivity contribution in [1.29, 1.82) is 0 Å². The van der Waals surface area contributed by atoms with Crippen molar-refractivity contribution in [2.45, 2.75) is 0 Å². The molecule has 0 radical (unpaired) electrons. The number of hydrogen-bond acceptors (Lipinski definition) is 3. The molecule has 0 N–H and O–H groups in total. The molecule has 1 aliphatic rings. The smallest absolute Gasteiger partial charge is 0.0782 e. The quantitative estimate of drug-likeness (QED) is 0.271. The maximum Gasteiger partial charge on any atom is 0.0782 e. The lowest BCUT2D eigenvalue weighted by Crippen LogP contribution is -2.24. The Morgan fingerprint density at radius 3 is 1.56 bits per heavy atom. The topological polar surface area (TPSA) is 19.4 Å². The highest BCUT2D eigenvalue weighted by atomic mass is 15.3. The number of aromatic nitrogens is 1. The molecule has 0 bridgehead atoms. The zero-order chi connectivity index (χ0) is 22.5. The standard InChI is InChI=1S/C31H21N3/c1-2-11-24(12-3-1)33-28-18-16-23-10-5-7-15-27(23)31(28)34(25-13-8-20-32-21-25)29-19-17-22-9-4-6-14-26(22)30(29)33/h1-21H. The van der Waals surface area contributed by atoms with Crippen LogP contribution < -0.4 is 9.80 Å². The van der Waals surface area contributed by atoms with Crippen LogP contribution in [0.2, 0.25) is 0 Å². The molecule has 0 saturated heterocycles. The first-order valence-electron chi connectivity index (χ1n) is 11.5. The number of rotatable bonds is 2. The molecule has 0 spiro atoms. The Morgan fingerprint density at radius 2 is 0.971 bits per heavy atom. The van der Waals surface area contributed by atoms with Crippen LogP contribution in [0.1, 0.15) is 0 Å². The summed E-state index contributed by atoms with van der Waals surface area (Å²) in [5.41, 5.74) is 6.82. The van der Waals surface area contributed by atoms with Gasteiger partial charge in [0.2, 0.25) is 0 Å². The summed E-state index contributed by atoms with van der Waals surface area (Å²) in [6.45, 7) is 0. The first kappa shape index (κ1) is 18.9. The van der Waals surface area contributed by atoms with Crippen LogP contribution in [-0.2, 0) is 0 Å². The second-order valence-electron chi connectivity index (χ2n) is 8.53. The third-order valence-electron chi connectivity index (χ3n) is 6.61. The van der Waals surface area contributed by atoms with Crippen molar-refractivity contribution in [3.8, 4) is 0 Å². The summed E-state index contributed by atoms with van der Waals surface area (Å²) in [6, 6.07) is 41.0. The van der Waals surface area contributed by atoms with Gasteiger partial charge in [0.25, 0.3) is 0 Å². The Hall–Kier alpha value is -4.63. The normalized spacial score (nSPS) is 12.6. The molecule has 5 aromatic carbocycles. The Balaban J connectivity index is 1.67. The van der Waals surface area contributed by atoms with E-state index in [2.05, 4.69) is 124 Å². The van der Waals surface area contributed by atoms with Crippen molar-refractivity contribution in [1.82, 2.24) is 4.98 Å². The van der Waals surface area contributed by atoms with Gasteiger partial charge in [0.05, 0.1) is 34.6 Å². The van der Waals surface area contributed by atoms with Gasteiger partial charge in [0.1, 0.15) is 0 Å². The maximum atomic E-state index is 4.47. The van der Waals surface area contributed by atoms with Crippen molar-refractivity contribution in [2.24, 2.45) is 0 Å². The van der Waals surface area contributed by atoms with Crippen molar-refractivity contribution in [3.63, 3.8) is 0 Å². The molecule has 160 valence electrons. The Bertz CT molecular complexity index is 1530. The predicted molar refractivity (Wildman–Crippen MR) is 142 cm³/mol. The van der Waals surface area contributed by atoms with Crippen LogP contribution in [0.15, 0.2) is 128 Å². The lowest BCUT2D eigenvalue weighted by Gasteiger charge is -2.41. The number of pyridine rings is 1. The van der Waals surface area contributed by atoms with Crippen molar-refractivity contribution >= 4 is 55.7 Å². The number of hydrogen-bond donors (Lipinski definition) is 0. The molecule has 0 aliphatic carbocycles. The second-order valence-corrected chi connectivity index (χ2v) is 8.53. The average Bonchev–Trinajstić information content (AvgIpc) is 2.92. The molecule has 0 saturated carbocycles. The molecule has 0 fully saturated rings. The van der Waals surface area contributed by atoms with Crippen LogP contribution in [-0.4, -0.2) is 4.98 Å². The first-order chi connectivity index (χ1) is 16.9. The molecule has 34 heavy (non-hydrogen) atoms. The largest absolute Gasteiger partial charge is 0.306 e. The zero-order valence-corrected chi connectivity index (χ0v) is 18.5. The summed E-state index contributed by atoms with van der Waals surface area (Å²) in [5, 5.41) is 4.87. The van der Waals surface area contributed by atoms with Crippen LogP contribution >= 0.6 is 0 Å². The first-order valence-corrected chi connectivity index (χ1v) is 11.5. The molecule has 1 aromatic heterocycles. The summed E-state index contributed by atoms with van der Waals surface area (Å²) in [4.78, 5) is 9.25. The lowest BCUT2D eigenvalue weighted by molar-refractivity contribution is 1.17. The minimum atomic E-state index is 1.05. The molecule has 0 unspecified atom stereocenters. The molecule has 6 aromatic rings. The number of anilines is 6. The van der Waals surface area contributed by atoms with E-state index in [-0.39, 0.29) is 0 Å². The average molecular weight is 436 g/mol. The lowest BCUT2D eigenvalue weighted by atomic mass is 9.97. The minimum Gasteiger partial charge on any atom is -0.306 e. The van der Waals surface area contributed by atoms with E-state index in [0.29, 0.717) is 0 Å². The van der Waals surface area contributed by atoms with E-state index in [0.717, 1.165) is 28.4 Å². The highest BCUT2D eigenvalue weighted by molar-refractivity contribution is 6.16. The highest BCUT2D eigenvalue weighted by Gasteiger charge is 2.33. The predicted octanol–water partition coefficient (Wildman–Crippen LogP) is 8.64. The van der Waals surface area contributed by atoms with Crippen molar-refractivity contribution in [3.05, 3.63) is 128 Å². The molecular formula is C31H21N3. The summed E-state index contributed by atoms with van der Waals surface area (Å²) < 4.78 is 0. The molecule has 3 nitrogen and oxygen atoms in total. The van der Waals surface area contributed by atoms with Gasteiger partial charge < -0.3 is 9.80 Å². The van der Waals surface area contributed by atoms with Gasteiger partial charge in [-0.2, -0.15) is 0 Å². The third-order valence-corrected chi connectivity index (χ3v) is 6.61. The van der Waals surface area contributed by atoms with Crippen molar-refractivity contribution in [2.75, 3.05) is 9.80 Å². The summed E-state index contributed by atoms with van der Waals surface area (Å²) >= 11 is 0. The fraction of sp³-hybridized carbons (Fsp3) is 0. The zero-order valence-electron chi connectivity index (χ0n) is 18.5. The van der Waals surface area contributed by atoms with Gasteiger partial charge in [-0.15, -0.1) is 0 Å². The van der Waals surface area contributed by atoms with Gasteiger partial charge in [-0.05, 0) is 47.2 Å². The third kappa shape index (κ3) is 2.74. The van der Waals surface area contributed by atoms with E-state index in [9.17, 15) is 0 Å². The molecule has 7 rings (SSSR count). The van der Waals surface area contributed by atoms with E-state index in [1.807, 2.05) is 18.5 Å². The van der Waals surface area contributed by atoms with Crippen LogP contribution in [0.5, 0.6) is 0 Å². The van der Waals surface area contributed by atoms with Crippen LogP contribution in [0.25, 0.3) is 21.5 Å². The Morgan fingerprint density at radius 1 is 0.441 bits per heavy atom. The number of benzene rings is 5. The van der Waals surface area contributed by atoms with Gasteiger partial charge in [0.15, 0.2) is 0 Å². The summed E-state index contributed by atoms with van der Waals surface area (Å²) in [6.07, 6.45) is 3.78. The van der Waals surface area contributed by atoms with Crippen LogP contribution in [0.4, 0.5) is 34.1 Å². The van der Waals surface area contributed by atoms with E-state index in [1.165, 1.54) is 27.2 Å². The van der Waals surface area contributed by atoms with Gasteiger partial charge in [-0.1, -0.05) is 78.9 Å². The fourth-order valence-electron chi connectivity index (χ4n) is 5.16. The molecule has 2 heterocycles. The van der Waals surface area contributed by atoms with E-state index < -0.39 is 0 Å². The van der Waals surface area contributed by atoms with Gasteiger partial charge in [-0.25, -0.2) is 0 Å². The summed E-state index contributed by atoms with van der Waals surface area (Å²) in [5.74, 6) is 0. The van der Waals surface area contributed by atoms with Gasteiger partial charge >= 0.3 is 0 Å². The van der Waals surface area contributed by atoms with E-state index in [4.69, 9.17) is 0 Å². The number of fused-ring (bicyclic) bond motifs is 6. The van der Waals surface area contributed by atoms with E-state index >= 15 is 0 Å². The Labute approximate surface area is 198 Å². The highest BCUT2D eigenvalue weighted by Crippen LogP contribution is 2.57. The minimum absolute atomic E-state index is 1.05. The van der Waals surface area contributed by atoms with Crippen LogP contribution in [0, 0.1) is 0 Å². The van der Waals surface area contributed by atoms with Gasteiger partial charge in [0, 0.05) is 22.7 Å². The molecule has 1 aliphatic heterocycles. The van der Waals surface area contributed by atoms with Crippen molar-refractivity contribution < 1.29 is 0 Å². The van der Waals surface area contributed by atoms with Crippen LogP contribution in [0.3, 0.4) is 0 Å². The second kappa shape index (κ2) is 7.46. The molecular weight excluding hydrogens is 414 g/mol. The molecule has 0 atom stereocenters. The Kier molecular flexibility index (Phi) is 4.15. The van der Waals surface area contributed by atoms with E-state index in [1.54, 1.807) is 0 Å². The SMILES string of the molecule is c1ccc(N2c3ccc4ccccc4c3N(c3cccnc3)c3ccc4ccccc4c32)cc1. The monoisotopic (exact) mass is 435 g/mol. The maximum absolute atomic E-state index is 4.47. The summed E-state index contributed by atoms with van der Waals surface area (Å²) in [7, 11) is 0. The number of para-hydroxylation sites is 1.